The lowest BCUT2D eigenvalue weighted by molar-refractivity contribution is -0.138. The summed E-state index contributed by atoms with van der Waals surface area (Å²) in [7, 11) is 0. The van der Waals surface area contributed by atoms with E-state index in [-0.39, 0.29) is 11.4 Å². The Hall–Kier alpha value is -2.17. The van der Waals surface area contributed by atoms with Gasteiger partial charge in [-0.05, 0) is 36.4 Å². The van der Waals surface area contributed by atoms with Crippen molar-refractivity contribution in [3.8, 4) is 11.5 Å². The molecular formula is C13H9F3NO. The van der Waals surface area contributed by atoms with Crippen LogP contribution in [0.25, 0.3) is 0 Å². The van der Waals surface area contributed by atoms with Crippen molar-refractivity contribution >= 4 is 5.69 Å². The van der Waals surface area contributed by atoms with Gasteiger partial charge >= 0.3 is 6.18 Å². The summed E-state index contributed by atoms with van der Waals surface area (Å²) in [5.74, 6) is 0.0342. The number of alkyl halides is 3. The fraction of sp³-hybridized carbons (Fsp3) is 0.0769. The van der Waals surface area contributed by atoms with Crippen LogP contribution in [-0.2, 0) is 6.18 Å². The fourth-order valence-corrected chi connectivity index (χ4v) is 1.42. The van der Waals surface area contributed by atoms with Gasteiger partial charge in [0, 0.05) is 5.69 Å². The first kappa shape index (κ1) is 12.3. The molecule has 1 radical (unpaired) electrons. The minimum atomic E-state index is -4.51. The van der Waals surface area contributed by atoms with E-state index in [4.69, 9.17) is 10.5 Å². The zero-order chi connectivity index (χ0) is 13.2. The predicted octanol–water partition coefficient (Wildman–Crippen LogP) is 3.88. The molecule has 2 aromatic rings. The summed E-state index contributed by atoms with van der Waals surface area (Å²) in [5, 5.41) is 0. The Balaban J connectivity index is 2.39. The van der Waals surface area contributed by atoms with E-state index in [0.717, 1.165) is 6.07 Å². The Morgan fingerprint density at radius 1 is 1.06 bits per heavy atom. The molecule has 0 aliphatic carbocycles. The quantitative estimate of drug-likeness (QED) is 0.823. The summed E-state index contributed by atoms with van der Waals surface area (Å²) in [4.78, 5) is 0. The third-order valence-electron chi connectivity index (χ3n) is 2.22. The molecule has 18 heavy (non-hydrogen) atoms. The Morgan fingerprint density at radius 3 is 2.33 bits per heavy atom. The molecule has 0 unspecified atom stereocenters. The normalized spacial score (nSPS) is 11.3. The van der Waals surface area contributed by atoms with Gasteiger partial charge in [-0.2, -0.15) is 13.2 Å². The van der Waals surface area contributed by atoms with Gasteiger partial charge in [-0.1, -0.05) is 12.1 Å². The van der Waals surface area contributed by atoms with Crippen LogP contribution in [-0.4, -0.2) is 0 Å². The Morgan fingerprint density at radius 2 is 1.72 bits per heavy atom. The maximum absolute atomic E-state index is 12.8. The van der Waals surface area contributed by atoms with E-state index in [0.29, 0.717) is 5.75 Å². The van der Waals surface area contributed by atoms with Crippen LogP contribution in [0, 0.1) is 6.07 Å². The highest BCUT2D eigenvalue weighted by Crippen LogP contribution is 2.39. The zero-order valence-electron chi connectivity index (χ0n) is 9.16. The largest absolute Gasteiger partial charge is 0.457 e. The molecule has 0 amide bonds. The average Bonchev–Trinajstić information content (AvgIpc) is 2.31. The topological polar surface area (TPSA) is 35.2 Å². The second kappa shape index (κ2) is 4.60. The summed E-state index contributed by atoms with van der Waals surface area (Å²) in [6.07, 6.45) is -4.51. The fourth-order valence-electron chi connectivity index (χ4n) is 1.42. The van der Waals surface area contributed by atoms with Crippen LogP contribution in [0.2, 0.25) is 0 Å². The van der Waals surface area contributed by atoms with Crippen molar-refractivity contribution in [2.75, 3.05) is 5.73 Å². The van der Waals surface area contributed by atoms with Crippen molar-refractivity contribution in [2.24, 2.45) is 0 Å². The highest BCUT2D eigenvalue weighted by Gasteiger charge is 2.34. The standard InChI is InChI=1S/C13H9F3NO/c14-13(15,16)11-8-9(17)6-7-12(11)18-10-4-2-1-3-5-10/h2-8H,17H2. The Bertz CT molecular complexity index is 538. The molecule has 0 bridgehead atoms. The molecular weight excluding hydrogens is 243 g/mol. The van der Waals surface area contributed by atoms with Gasteiger partial charge in [-0.25, -0.2) is 0 Å². The number of nitrogens with two attached hydrogens (primary N) is 1. The molecule has 0 saturated heterocycles. The monoisotopic (exact) mass is 252 g/mol. The lowest BCUT2D eigenvalue weighted by Crippen LogP contribution is -2.08. The highest BCUT2D eigenvalue weighted by atomic mass is 19.4. The highest BCUT2D eigenvalue weighted by molar-refractivity contribution is 5.50. The molecule has 5 heteroatoms. The van der Waals surface area contributed by atoms with Gasteiger partial charge in [0.15, 0.2) is 0 Å². The van der Waals surface area contributed by atoms with E-state index in [1.165, 1.54) is 24.3 Å². The first-order chi connectivity index (χ1) is 8.47. The second-order valence-corrected chi connectivity index (χ2v) is 3.59. The van der Waals surface area contributed by atoms with E-state index in [1.807, 2.05) is 0 Å². The molecule has 0 aliphatic rings. The van der Waals surface area contributed by atoms with Crippen molar-refractivity contribution in [3.63, 3.8) is 0 Å². The zero-order valence-corrected chi connectivity index (χ0v) is 9.16. The van der Waals surface area contributed by atoms with Crippen LogP contribution >= 0.6 is 0 Å². The summed E-state index contributed by atoms with van der Waals surface area (Å²) < 4.78 is 43.6. The minimum Gasteiger partial charge on any atom is -0.457 e. The van der Waals surface area contributed by atoms with Crippen LogP contribution < -0.4 is 10.5 Å². The lowest BCUT2D eigenvalue weighted by Gasteiger charge is -2.14. The van der Waals surface area contributed by atoms with Crippen molar-refractivity contribution in [3.05, 3.63) is 54.1 Å². The summed E-state index contributed by atoms with van der Waals surface area (Å²) in [6.45, 7) is 0. The average molecular weight is 252 g/mol. The van der Waals surface area contributed by atoms with Crippen molar-refractivity contribution in [2.45, 2.75) is 6.18 Å². The van der Waals surface area contributed by atoms with Crippen LogP contribution in [0.3, 0.4) is 0 Å². The third-order valence-corrected chi connectivity index (χ3v) is 2.22. The van der Waals surface area contributed by atoms with Crippen LogP contribution in [0.15, 0.2) is 42.5 Å². The van der Waals surface area contributed by atoms with Gasteiger partial charge < -0.3 is 10.5 Å². The van der Waals surface area contributed by atoms with Crippen molar-refractivity contribution < 1.29 is 17.9 Å². The van der Waals surface area contributed by atoms with Crippen LogP contribution in [0.1, 0.15) is 5.56 Å². The van der Waals surface area contributed by atoms with Crippen LogP contribution in [0.5, 0.6) is 11.5 Å². The van der Waals surface area contributed by atoms with Crippen LogP contribution in [0.4, 0.5) is 18.9 Å². The Labute approximate surface area is 102 Å². The van der Waals surface area contributed by atoms with Crippen molar-refractivity contribution in [1.82, 2.24) is 0 Å². The van der Waals surface area contributed by atoms with E-state index in [1.54, 1.807) is 12.1 Å². The van der Waals surface area contributed by atoms with Gasteiger partial charge in [0.1, 0.15) is 17.1 Å². The lowest BCUT2D eigenvalue weighted by atomic mass is 10.1. The molecule has 93 valence electrons. The maximum Gasteiger partial charge on any atom is 0.420 e. The van der Waals surface area contributed by atoms with E-state index >= 15 is 0 Å². The molecule has 0 fully saturated rings. The number of anilines is 1. The second-order valence-electron chi connectivity index (χ2n) is 3.59. The number of nitrogen functional groups attached to an aromatic ring is 1. The number of benzene rings is 2. The first-order valence-corrected chi connectivity index (χ1v) is 5.07. The van der Waals surface area contributed by atoms with Gasteiger partial charge in [0.25, 0.3) is 0 Å². The van der Waals surface area contributed by atoms with Crippen molar-refractivity contribution in [1.29, 1.82) is 0 Å². The van der Waals surface area contributed by atoms with E-state index in [2.05, 4.69) is 6.07 Å². The molecule has 0 spiro atoms. The summed E-state index contributed by atoms with van der Waals surface area (Å²) >= 11 is 0. The number of halogens is 3. The summed E-state index contributed by atoms with van der Waals surface area (Å²) in [5.41, 5.74) is 4.50. The SMILES string of the molecule is Nc1ccc(Oc2cc[c]cc2)c(C(F)(F)F)c1. The number of hydrogen-bond donors (Lipinski definition) is 1. The Kier molecular flexibility index (Phi) is 3.14. The smallest absolute Gasteiger partial charge is 0.420 e. The van der Waals surface area contributed by atoms with Gasteiger partial charge in [0.05, 0.1) is 0 Å². The first-order valence-electron chi connectivity index (χ1n) is 5.07. The maximum atomic E-state index is 12.8. The number of rotatable bonds is 2. The number of ether oxygens (including phenoxy) is 1. The minimum absolute atomic E-state index is 0.0380. The molecule has 2 N–H and O–H groups in total. The molecule has 2 aromatic carbocycles. The molecule has 0 aromatic heterocycles. The number of hydrogen-bond acceptors (Lipinski definition) is 2. The predicted molar refractivity (Wildman–Crippen MR) is 61.2 cm³/mol. The summed E-state index contributed by atoms with van der Waals surface area (Å²) in [6, 6.07) is 12.3. The van der Waals surface area contributed by atoms with Gasteiger partial charge in [-0.15, -0.1) is 0 Å². The molecule has 0 heterocycles. The molecule has 2 nitrogen and oxygen atoms in total. The van der Waals surface area contributed by atoms with E-state index in [9.17, 15) is 13.2 Å². The molecule has 0 saturated carbocycles. The van der Waals surface area contributed by atoms with Gasteiger partial charge in [0.2, 0.25) is 0 Å². The molecule has 0 aliphatic heterocycles. The molecule has 0 atom stereocenters. The van der Waals surface area contributed by atoms with E-state index < -0.39 is 11.7 Å². The van der Waals surface area contributed by atoms with Gasteiger partial charge in [-0.3, -0.25) is 0 Å². The third kappa shape index (κ3) is 2.74. The molecule has 2 rings (SSSR count).